The number of benzene rings is 1. The van der Waals surface area contributed by atoms with Crippen LogP contribution in [0.3, 0.4) is 0 Å². The van der Waals surface area contributed by atoms with Crippen molar-refractivity contribution in [3.8, 4) is 5.75 Å². The lowest BCUT2D eigenvalue weighted by atomic mass is 10.2. The Morgan fingerprint density at radius 3 is 2.77 bits per heavy atom. The molecule has 0 atom stereocenters. The summed E-state index contributed by atoms with van der Waals surface area (Å²) in [4.78, 5) is 0. The first kappa shape index (κ1) is 8.85. The fourth-order valence-corrected chi connectivity index (χ4v) is 1.39. The van der Waals surface area contributed by atoms with Crippen molar-refractivity contribution in [2.24, 2.45) is 5.73 Å². The van der Waals surface area contributed by atoms with Crippen molar-refractivity contribution in [2.45, 2.75) is 25.5 Å². The van der Waals surface area contributed by atoms with E-state index in [0.717, 1.165) is 24.2 Å². The Bertz CT molecular complexity index is 310. The minimum absolute atomic E-state index is 0.416. The number of hydrogen-bond acceptors (Lipinski definition) is 2. The summed E-state index contributed by atoms with van der Waals surface area (Å²) in [7, 11) is 0. The SMILES string of the molecule is NCc1ccc(OC2CC2)cc1Cl. The lowest BCUT2D eigenvalue weighted by Crippen LogP contribution is -1.99. The van der Waals surface area contributed by atoms with Gasteiger partial charge in [-0.1, -0.05) is 17.7 Å². The van der Waals surface area contributed by atoms with Crippen LogP contribution in [0.25, 0.3) is 0 Å². The Morgan fingerprint density at radius 1 is 1.46 bits per heavy atom. The van der Waals surface area contributed by atoms with E-state index in [9.17, 15) is 0 Å². The first-order valence-electron chi connectivity index (χ1n) is 4.45. The maximum atomic E-state index is 5.97. The van der Waals surface area contributed by atoms with Crippen molar-refractivity contribution in [3.05, 3.63) is 28.8 Å². The predicted octanol–water partition coefficient (Wildman–Crippen LogP) is 2.34. The highest BCUT2D eigenvalue weighted by Crippen LogP contribution is 2.29. The number of halogens is 1. The Balaban J connectivity index is 2.13. The van der Waals surface area contributed by atoms with Gasteiger partial charge in [0.1, 0.15) is 5.75 Å². The molecule has 0 saturated heterocycles. The van der Waals surface area contributed by atoms with E-state index in [1.165, 1.54) is 0 Å². The predicted molar refractivity (Wildman–Crippen MR) is 53.0 cm³/mol. The lowest BCUT2D eigenvalue weighted by molar-refractivity contribution is 0.303. The average Bonchev–Trinajstić information content (AvgIpc) is 2.89. The van der Waals surface area contributed by atoms with Gasteiger partial charge in [0.15, 0.2) is 0 Å². The molecule has 0 amide bonds. The molecular weight excluding hydrogens is 186 g/mol. The minimum Gasteiger partial charge on any atom is -0.490 e. The van der Waals surface area contributed by atoms with E-state index in [4.69, 9.17) is 22.1 Å². The standard InChI is InChI=1S/C10H12ClNO/c11-10-5-9(13-8-3-4-8)2-1-7(10)6-12/h1-2,5,8H,3-4,6,12H2. The van der Waals surface area contributed by atoms with Crippen LogP contribution >= 0.6 is 11.6 Å². The summed E-state index contributed by atoms with van der Waals surface area (Å²) in [6, 6.07) is 5.68. The molecule has 0 radical (unpaired) electrons. The number of nitrogens with two attached hydrogens (primary N) is 1. The van der Waals surface area contributed by atoms with Crippen LogP contribution in [0.2, 0.25) is 5.02 Å². The summed E-state index contributed by atoms with van der Waals surface area (Å²) in [6.45, 7) is 0.475. The smallest absolute Gasteiger partial charge is 0.121 e. The van der Waals surface area contributed by atoms with Crippen LogP contribution in [0.1, 0.15) is 18.4 Å². The zero-order chi connectivity index (χ0) is 9.26. The Morgan fingerprint density at radius 2 is 2.23 bits per heavy atom. The first-order chi connectivity index (χ1) is 6.29. The summed E-state index contributed by atoms with van der Waals surface area (Å²) in [6.07, 6.45) is 2.74. The molecule has 1 aliphatic rings. The van der Waals surface area contributed by atoms with E-state index in [0.29, 0.717) is 17.7 Å². The summed E-state index contributed by atoms with van der Waals surface area (Å²) in [5.74, 6) is 0.852. The molecule has 0 unspecified atom stereocenters. The average molecular weight is 198 g/mol. The summed E-state index contributed by atoms with van der Waals surface area (Å²) >= 11 is 5.97. The molecule has 2 nitrogen and oxygen atoms in total. The van der Waals surface area contributed by atoms with Gasteiger partial charge >= 0.3 is 0 Å². The van der Waals surface area contributed by atoms with E-state index in [2.05, 4.69) is 0 Å². The van der Waals surface area contributed by atoms with Gasteiger partial charge in [-0.05, 0) is 30.5 Å². The van der Waals surface area contributed by atoms with E-state index < -0.39 is 0 Å². The van der Waals surface area contributed by atoms with Gasteiger partial charge in [0.25, 0.3) is 0 Å². The Kier molecular flexibility index (Phi) is 2.42. The molecule has 13 heavy (non-hydrogen) atoms. The Hall–Kier alpha value is -0.730. The number of ether oxygens (including phenoxy) is 1. The molecule has 0 heterocycles. The zero-order valence-electron chi connectivity index (χ0n) is 7.29. The molecule has 0 aliphatic heterocycles. The fraction of sp³-hybridized carbons (Fsp3) is 0.400. The fourth-order valence-electron chi connectivity index (χ4n) is 1.15. The quantitative estimate of drug-likeness (QED) is 0.808. The third kappa shape index (κ3) is 2.14. The van der Waals surface area contributed by atoms with Gasteiger partial charge in [0, 0.05) is 11.6 Å². The monoisotopic (exact) mass is 197 g/mol. The highest BCUT2D eigenvalue weighted by atomic mass is 35.5. The van der Waals surface area contributed by atoms with E-state index in [1.54, 1.807) is 0 Å². The van der Waals surface area contributed by atoms with Crippen molar-refractivity contribution < 1.29 is 4.74 Å². The van der Waals surface area contributed by atoms with Crippen molar-refractivity contribution >= 4 is 11.6 Å². The van der Waals surface area contributed by atoms with Gasteiger partial charge < -0.3 is 10.5 Å². The maximum Gasteiger partial charge on any atom is 0.121 e. The van der Waals surface area contributed by atoms with Crippen molar-refractivity contribution in [1.82, 2.24) is 0 Å². The molecule has 1 saturated carbocycles. The Labute approximate surface area is 82.6 Å². The van der Waals surface area contributed by atoms with Crippen LogP contribution in [-0.4, -0.2) is 6.10 Å². The summed E-state index contributed by atoms with van der Waals surface area (Å²) in [5, 5.41) is 0.695. The third-order valence-corrected chi connectivity index (χ3v) is 2.42. The van der Waals surface area contributed by atoms with Gasteiger partial charge in [-0.25, -0.2) is 0 Å². The van der Waals surface area contributed by atoms with Crippen molar-refractivity contribution in [1.29, 1.82) is 0 Å². The van der Waals surface area contributed by atoms with Gasteiger partial charge in [-0.15, -0.1) is 0 Å². The topological polar surface area (TPSA) is 35.2 Å². The zero-order valence-corrected chi connectivity index (χ0v) is 8.05. The van der Waals surface area contributed by atoms with E-state index in [1.807, 2.05) is 18.2 Å². The number of rotatable bonds is 3. The highest BCUT2D eigenvalue weighted by Gasteiger charge is 2.23. The van der Waals surface area contributed by atoms with Crippen LogP contribution in [-0.2, 0) is 6.54 Å². The molecule has 1 aliphatic carbocycles. The van der Waals surface area contributed by atoms with Crippen LogP contribution in [0.4, 0.5) is 0 Å². The third-order valence-electron chi connectivity index (χ3n) is 2.07. The molecule has 2 N–H and O–H groups in total. The van der Waals surface area contributed by atoms with Crippen LogP contribution in [0, 0.1) is 0 Å². The van der Waals surface area contributed by atoms with Gasteiger partial charge in [0.2, 0.25) is 0 Å². The van der Waals surface area contributed by atoms with Crippen LogP contribution in [0.5, 0.6) is 5.75 Å². The molecule has 1 aromatic carbocycles. The summed E-state index contributed by atoms with van der Waals surface area (Å²) < 4.78 is 5.58. The van der Waals surface area contributed by atoms with Crippen LogP contribution < -0.4 is 10.5 Å². The lowest BCUT2D eigenvalue weighted by Gasteiger charge is -2.06. The maximum absolute atomic E-state index is 5.97. The van der Waals surface area contributed by atoms with Gasteiger partial charge in [-0.3, -0.25) is 0 Å². The molecule has 0 spiro atoms. The van der Waals surface area contributed by atoms with Gasteiger partial charge in [0.05, 0.1) is 6.10 Å². The largest absolute Gasteiger partial charge is 0.490 e. The normalized spacial score (nSPS) is 15.8. The molecule has 1 fully saturated rings. The van der Waals surface area contributed by atoms with E-state index >= 15 is 0 Å². The highest BCUT2D eigenvalue weighted by molar-refractivity contribution is 6.31. The van der Waals surface area contributed by atoms with Crippen LogP contribution in [0.15, 0.2) is 18.2 Å². The first-order valence-corrected chi connectivity index (χ1v) is 4.82. The minimum atomic E-state index is 0.416. The van der Waals surface area contributed by atoms with Gasteiger partial charge in [-0.2, -0.15) is 0 Å². The molecule has 70 valence electrons. The van der Waals surface area contributed by atoms with Crippen molar-refractivity contribution in [3.63, 3.8) is 0 Å². The molecule has 0 aromatic heterocycles. The second kappa shape index (κ2) is 3.56. The molecule has 2 rings (SSSR count). The molecular formula is C10H12ClNO. The second-order valence-corrected chi connectivity index (χ2v) is 3.68. The van der Waals surface area contributed by atoms with Crippen molar-refractivity contribution in [2.75, 3.05) is 0 Å². The van der Waals surface area contributed by atoms with E-state index in [-0.39, 0.29) is 0 Å². The second-order valence-electron chi connectivity index (χ2n) is 3.27. The molecule has 3 heteroatoms. The molecule has 0 bridgehead atoms. The summed E-state index contributed by atoms with van der Waals surface area (Å²) in [5.41, 5.74) is 6.45. The number of hydrogen-bond donors (Lipinski definition) is 1. The molecule has 1 aromatic rings.